The molecular formula is C17H15N3O3S. The lowest BCUT2D eigenvalue weighted by Gasteiger charge is -2.07. The first-order valence-electron chi connectivity index (χ1n) is 7.14. The minimum absolute atomic E-state index is 0.232. The number of rotatable bonds is 4. The van der Waals surface area contributed by atoms with Gasteiger partial charge in [0.2, 0.25) is 4.77 Å². The van der Waals surface area contributed by atoms with E-state index in [0.717, 1.165) is 10.2 Å². The summed E-state index contributed by atoms with van der Waals surface area (Å²) in [6.07, 6.45) is 1.54. The normalized spacial score (nSPS) is 11.1. The molecule has 6 nitrogen and oxygen atoms in total. The van der Waals surface area contributed by atoms with Crippen molar-refractivity contribution in [3.05, 3.63) is 63.2 Å². The van der Waals surface area contributed by atoms with E-state index < -0.39 is 0 Å². The van der Waals surface area contributed by atoms with Crippen molar-refractivity contribution < 1.29 is 9.47 Å². The molecule has 7 heteroatoms. The van der Waals surface area contributed by atoms with Crippen LogP contribution in [-0.4, -0.2) is 30.1 Å². The number of para-hydroxylation sites is 1. The quantitative estimate of drug-likeness (QED) is 0.585. The molecule has 0 unspecified atom stereocenters. The van der Waals surface area contributed by atoms with E-state index in [0.29, 0.717) is 22.4 Å². The van der Waals surface area contributed by atoms with Crippen LogP contribution in [0.25, 0.3) is 10.9 Å². The van der Waals surface area contributed by atoms with E-state index in [9.17, 15) is 4.79 Å². The van der Waals surface area contributed by atoms with Gasteiger partial charge in [-0.05, 0) is 48.1 Å². The smallest absolute Gasteiger partial charge is 0.282 e. The first-order valence-corrected chi connectivity index (χ1v) is 7.55. The van der Waals surface area contributed by atoms with Crippen LogP contribution in [-0.2, 0) is 0 Å². The van der Waals surface area contributed by atoms with E-state index in [-0.39, 0.29) is 10.3 Å². The second-order valence-corrected chi connectivity index (χ2v) is 5.34. The average Bonchev–Trinajstić information content (AvgIpc) is 2.61. The number of ether oxygens (including phenoxy) is 2. The molecule has 2 aromatic carbocycles. The fraction of sp³-hybridized carbons (Fsp3) is 0.118. The van der Waals surface area contributed by atoms with Gasteiger partial charge in [0.15, 0.2) is 11.5 Å². The van der Waals surface area contributed by atoms with Crippen molar-refractivity contribution in [2.45, 2.75) is 0 Å². The Bertz CT molecular complexity index is 1040. The summed E-state index contributed by atoms with van der Waals surface area (Å²) in [6.45, 7) is 0. The van der Waals surface area contributed by atoms with Crippen LogP contribution in [0.5, 0.6) is 11.5 Å². The number of fused-ring (bicyclic) bond motifs is 1. The molecule has 0 aliphatic carbocycles. The fourth-order valence-corrected chi connectivity index (χ4v) is 2.56. The molecule has 0 radical (unpaired) electrons. The number of methoxy groups -OCH3 is 2. The number of nitrogens with zero attached hydrogens (tertiary/aromatic N) is 2. The topological polar surface area (TPSA) is 68.6 Å². The Hall–Kier alpha value is -2.93. The number of aromatic nitrogens is 2. The van der Waals surface area contributed by atoms with Crippen LogP contribution in [0.2, 0.25) is 0 Å². The lowest BCUT2D eigenvalue weighted by atomic mass is 10.2. The summed E-state index contributed by atoms with van der Waals surface area (Å²) in [7, 11) is 3.13. The highest BCUT2D eigenvalue weighted by Crippen LogP contribution is 2.26. The zero-order valence-corrected chi connectivity index (χ0v) is 14.0. The summed E-state index contributed by atoms with van der Waals surface area (Å²) in [5, 5.41) is 4.73. The Balaban J connectivity index is 2.05. The molecule has 0 spiro atoms. The first kappa shape index (κ1) is 15.9. The van der Waals surface area contributed by atoms with Crippen LogP contribution < -0.4 is 15.0 Å². The predicted octanol–water partition coefficient (Wildman–Crippen LogP) is 2.96. The van der Waals surface area contributed by atoms with Crippen LogP contribution >= 0.6 is 12.2 Å². The van der Waals surface area contributed by atoms with Crippen LogP contribution in [0.15, 0.2) is 52.4 Å². The van der Waals surface area contributed by atoms with E-state index in [1.807, 2.05) is 12.1 Å². The number of H-pyrrole nitrogens is 1. The van der Waals surface area contributed by atoms with E-state index in [2.05, 4.69) is 10.1 Å². The number of hydrogen-bond acceptors (Lipinski definition) is 5. The minimum Gasteiger partial charge on any atom is -0.493 e. The van der Waals surface area contributed by atoms with E-state index >= 15 is 0 Å². The molecule has 0 saturated carbocycles. The molecule has 3 aromatic rings. The molecule has 1 N–H and O–H groups in total. The van der Waals surface area contributed by atoms with Crippen molar-refractivity contribution in [3.63, 3.8) is 0 Å². The van der Waals surface area contributed by atoms with Crippen LogP contribution in [0, 0.1) is 4.77 Å². The van der Waals surface area contributed by atoms with Gasteiger partial charge in [0, 0.05) is 0 Å². The first-order chi connectivity index (χ1) is 11.6. The lowest BCUT2D eigenvalue weighted by molar-refractivity contribution is 0.355. The van der Waals surface area contributed by atoms with Crippen LogP contribution in [0.1, 0.15) is 5.56 Å². The van der Waals surface area contributed by atoms with Crippen molar-refractivity contribution in [1.82, 2.24) is 9.66 Å². The zero-order chi connectivity index (χ0) is 17.1. The fourth-order valence-electron chi connectivity index (χ4n) is 2.32. The van der Waals surface area contributed by atoms with Crippen LogP contribution in [0.4, 0.5) is 0 Å². The third kappa shape index (κ3) is 2.93. The number of benzene rings is 2. The molecule has 1 aromatic heterocycles. The maximum absolute atomic E-state index is 12.5. The molecule has 24 heavy (non-hydrogen) atoms. The largest absolute Gasteiger partial charge is 0.493 e. The van der Waals surface area contributed by atoms with Crippen molar-refractivity contribution in [2.24, 2.45) is 5.10 Å². The Kier molecular flexibility index (Phi) is 4.43. The average molecular weight is 341 g/mol. The standard InChI is InChI=1S/C17H15N3O3S/c1-22-14-8-7-11(9-15(14)23-2)10-18-20-16(21)12-5-3-4-6-13(12)19-17(20)24/h3-10H,1-2H3,(H,19,24)/b18-10+. The van der Waals surface area contributed by atoms with Gasteiger partial charge in [-0.1, -0.05) is 12.1 Å². The molecule has 3 rings (SSSR count). The monoisotopic (exact) mass is 341 g/mol. The summed E-state index contributed by atoms with van der Waals surface area (Å²) in [6, 6.07) is 12.5. The highest BCUT2D eigenvalue weighted by molar-refractivity contribution is 7.71. The highest BCUT2D eigenvalue weighted by Gasteiger charge is 2.05. The zero-order valence-electron chi connectivity index (χ0n) is 13.1. The summed E-state index contributed by atoms with van der Waals surface area (Å²) in [4.78, 5) is 15.5. The third-order valence-corrected chi connectivity index (χ3v) is 3.79. The lowest BCUT2D eigenvalue weighted by Crippen LogP contribution is -2.18. The van der Waals surface area contributed by atoms with E-state index in [1.165, 1.54) is 0 Å². The van der Waals surface area contributed by atoms with Gasteiger partial charge in [0.05, 0.1) is 31.3 Å². The third-order valence-electron chi connectivity index (χ3n) is 3.51. The van der Waals surface area contributed by atoms with Crippen molar-refractivity contribution in [2.75, 3.05) is 14.2 Å². The second-order valence-electron chi connectivity index (χ2n) is 4.95. The summed E-state index contributed by atoms with van der Waals surface area (Å²) in [5.74, 6) is 1.20. The van der Waals surface area contributed by atoms with Crippen LogP contribution in [0.3, 0.4) is 0 Å². The number of nitrogens with one attached hydrogen (secondary N) is 1. The molecule has 0 fully saturated rings. The second kappa shape index (κ2) is 6.67. The highest BCUT2D eigenvalue weighted by atomic mass is 32.1. The Labute approximate surface area is 143 Å². The van der Waals surface area contributed by atoms with Crippen molar-refractivity contribution in [3.8, 4) is 11.5 Å². The van der Waals surface area contributed by atoms with Gasteiger partial charge < -0.3 is 14.5 Å². The van der Waals surface area contributed by atoms with E-state index in [1.54, 1.807) is 50.8 Å². The van der Waals surface area contributed by atoms with Gasteiger partial charge in [-0.25, -0.2) is 0 Å². The van der Waals surface area contributed by atoms with Crippen molar-refractivity contribution >= 4 is 29.3 Å². The molecular weight excluding hydrogens is 326 g/mol. The van der Waals surface area contributed by atoms with Gasteiger partial charge in [0.1, 0.15) is 0 Å². The van der Waals surface area contributed by atoms with Gasteiger partial charge in [-0.3, -0.25) is 4.79 Å². The SMILES string of the molecule is COc1ccc(/C=N/n2c(=S)[nH]c3ccccc3c2=O)cc1OC. The predicted molar refractivity (Wildman–Crippen MR) is 95.9 cm³/mol. The van der Waals surface area contributed by atoms with Gasteiger partial charge in [-0.2, -0.15) is 9.78 Å². The maximum atomic E-state index is 12.5. The summed E-state index contributed by atoms with van der Waals surface area (Å²) in [5.41, 5.74) is 1.17. The molecule has 0 bridgehead atoms. The Morgan fingerprint density at radius 2 is 1.88 bits per heavy atom. The summed E-state index contributed by atoms with van der Waals surface area (Å²) < 4.78 is 11.8. The van der Waals surface area contributed by atoms with Gasteiger partial charge >= 0.3 is 0 Å². The van der Waals surface area contributed by atoms with Gasteiger partial charge in [-0.15, -0.1) is 0 Å². The molecule has 1 heterocycles. The molecule has 0 aliphatic heterocycles. The van der Waals surface area contributed by atoms with Gasteiger partial charge in [0.25, 0.3) is 5.56 Å². The van der Waals surface area contributed by atoms with E-state index in [4.69, 9.17) is 21.7 Å². The Morgan fingerprint density at radius 1 is 1.12 bits per heavy atom. The number of hydrogen-bond donors (Lipinski definition) is 1. The summed E-state index contributed by atoms with van der Waals surface area (Å²) >= 11 is 5.22. The number of aromatic amines is 1. The molecule has 0 saturated heterocycles. The minimum atomic E-state index is -0.272. The van der Waals surface area contributed by atoms with Crippen molar-refractivity contribution in [1.29, 1.82) is 0 Å². The Morgan fingerprint density at radius 3 is 2.62 bits per heavy atom. The molecule has 0 atom stereocenters. The molecule has 0 aliphatic rings. The maximum Gasteiger partial charge on any atom is 0.282 e. The molecule has 122 valence electrons. The molecule has 0 amide bonds.